The average molecular weight is 313 g/mol. The molecule has 1 aromatic heterocycles. The number of hydrogen-bond donors (Lipinski definition) is 0. The molecule has 5 heteroatoms. The molecule has 0 amide bonds. The highest BCUT2D eigenvalue weighted by molar-refractivity contribution is 9.10. The largest absolute Gasteiger partial charge is 0.231 e. The summed E-state index contributed by atoms with van der Waals surface area (Å²) in [6, 6.07) is 6.55. The van der Waals surface area contributed by atoms with Crippen LogP contribution in [0.25, 0.3) is 0 Å². The Kier molecular flexibility index (Phi) is 4.12. The van der Waals surface area contributed by atoms with Crippen molar-refractivity contribution in [2.75, 3.05) is 0 Å². The molecule has 0 aliphatic carbocycles. The molecule has 17 heavy (non-hydrogen) atoms. The summed E-state index contributed by atoms with van der Waals surface area (Å²) < 4.78 is 13.7. The predicted molar refractivity (Wildman–Crippen MR) is 70.4 cm³/mol. The van der Waals surface area contributed by atoms with Crippen molar-refractivity contribution in [3.05, 3.63) is 52.0 Å². The Morgan fingerprint density at radius 3 is 2.88 bits per heavy atom. The Balaban J connectivity index is 2.07. The number of rotatable bonds is 3. The second kappa shape index (κ2) is 5.60. The molecule has 1 heterocycles. The first kappa shape index (κ1) is 12.5. The van der Waals surface area contributed by atoms with Crippen LogP contribution in [0.3, 0.4) is 0 Å². The lowest BCUT2D eigenvalue weighted by Crippen LogP contribution is -1.90. The molecule has 0 saturated heterocycles. The van der Waals surface area contributed by atoms with Crippen molar-refractivity contribution in [2.45, 2.75) is 17.8 Å². The van der Waals surface area contributed by atoms with Gasteiger partial charge in [0.25, 0.3) is 0 Å². The van der Waals surface area contributed by atoms with Crippen molar-refractivity contribution in [2.24, 2.45) is 0 Å². The third kappa shape index (κ3) is 3.51. The Hall–Kier alpha value is -0.940. The molecule has 88 valence electrons. The van der Waals surface area contributed by atoms with Crippen molar-refractivity contribution in [3.63, 3.8) is 0 Å². The second-order valence-electron chi connectivity index (χ2n) is 3.51. The van der Waals surface area contributed by atoms with Crippen molar-refractivity contribution < 1.29 is 4.39 Å². The minimum Gasteiger partial charge on any atom is -0.231 e. The molecule has 0 saturated carbocycles. The van der Waals surface area contributed by atoms with Gasteiger partial charge in [-0.1, -0.05) is 33.8 Å². The summed E-state index contributed by atoms with van der Waals surface area (Å²) in [5, 5.41) is 0.737. The maximum atomic E-state index is 12.9. The summed E-state index contributed by atoms with van der Waals surface area (Å²) in [6.07, 6.45) is 1.74. The molecule has 0 fully saturated rings. The van der Waals surface area contributed by atoms with Gasteiger partial charge in [-0.15, -0.1) is 0 Å². The molecule has 2 rings (SSSR count). The number of benzene rings is 1. The van der Waals surface area contributed by atoms with Gasteiger partial charge in [-0.05, 0) is 30.7 Å². The van der Waals surface area contributed by atoms with E-state index in [1.54, 1.807) is 12.3 Å². The van der Waals surface area contributed by atoms with Gasteiger partial charge in [0.2, 0.25) is 0 Å². The fourth-order valence-corrected chi connectivity index (χ4v) is 2.83. The van der Waals surface area contributed by atoms with Crippen molar-refractivity contribution in [1.29, 1.82) is 0 Å². The van der Waals surface area contributed by atoms with E-state index in [1.165, 1.54) is 23.9 Å². The molecule has 0 N–H and O–H groups in total. The summed E-state index contributed by atoms with van der Waals surface area (Å²) in [5.74, 6) is 0.474. The van der Waals surface area contributed by atoms with E-state index in [4.69, 9.17) is 0 Å². The van der Waals surface area contributed by atoms with Gasteiger partial charge < -0.3 is 0 Å². The van der Waals surface area contributed by atoms with Crippen molar-refractivity contribution in [1.82, 2.24) is 9.97 Å². The first-order valence-electron chi connectivity index (χ1n) is 5.01. The number of aromatic nitrogens is 2. The number of halogens is 2. The lowest BCUT2D eigenvalue weighted by atomic mass is 10.2. The number of thioether (sulfide) groups is 1. The van der Waals surface area contributed by atoms with Crippen LogP contribution in [0.4, 0.5) is 4.39 Å². The van der Waals surface area contributed by atoms with Gasteiger partial charge in [0, 0.05) is 22.1 Å². The van der Waals surface area contributed by atoms with E-state index >= 15 is 0 Å². The molecule has 0 spiro atoms. The highest BCUT2D eigenvalue weighted by Crippen LogP contribution is 2.25. The molecule has 1 aromatic carbocycles. The van der Waals surface area contributed by atoms with E-state index in [0.29, 0.717) is 5.75 Å². The van der Waals surface area contributed by atoms with Crippen molar-refractivity contribution in [3.8, 4) is 0 Å². The van der Waals surface area contributed by atoms with Crippen LogP contribution in [0.15, 0.2) is 40.1 Å². The van der Waals surface area contributed by atoms with E-state index in [2.05, 4.69) is 25.9 Å². The Morgan fingerprint density at radius 2 is 2.18 bits per heavy atom. The zero-order valence-electron chi connectivity index (χ0n) is 9.15. The molecular formula is C12H10BrFN2S. The molecule has 0 unspecified atom stereocenters. The van der Waals surface area contributed by atoms with Crippen LogP contribution >= 0.6 is 27.7 Å². The van der Waals surface area contributed by atoms with Gasteiger partial charge in [0.05, 0.1) is 0 Å². The molecule has 0 radical (unpaired) electrons. The maximum Gasteiger partial charge on any atom is 0.188 e. The zero-order chi connectivity index (χ0) is 12.3. The van der Waals surface area contributed by atoms with Crippen LogP contribution in [0.5, 0.6) is 0 Å². The van der Waals surface area contributed by atoms with E-state index in [1.807, 2.05) is 13.0 Å². The summed E-state index contributed by atoms with van der Waals surface area (Å²) in [6.45, 7) is 1.93. The SMILES string of the molecule is Cc1ccnc(SCc2ccc(F)cc2Br)n1. The third-order valence-electron chi connectivity index (χ3n) is 2.14. The highest BCUT2D eigenvalue weighted by atomic mass is 79.9. The van der Waals surface area contributed by atoms with Gasteiger partial charge in [-0.2, -0.15) is 0 Å². The normalized spacial score (nSPS) is 10.5. The maximum absolute atomic E-state index is 12.9. The standard InChI is InChI=1S/C12H10BrFN2S/c1-8-4-5-15-12(16-8)17-7-9-2-3-10(14)6-11(9)13/h2-6H,7H2,1H3. The van der Waals surface area contributed by atoms with Gasteiger partial charge >= 0.3 is 0 Å². The first-order chi connectivity index (χ1) is 8.15. The molecule has 2 nitrogen and oxygen atoms in total. The number of nitrogens with zero attached hydrogens (tertiary/aromatic N) is 2. The third-order valence-corrected chi connectivity index (χ3v) is 3.79. The van der Waals surface area contributed by atoms with E-state index in [9.17, 15) is 4.39 Å². The highest BCUT2D eigenvalue weighted by Gasteiger charge is 2.04. The minimum absolute atomic E-state index is 0.238. The first-order valence-corrected chi connectivity index (χ1v) is 6.79. The van der Waals surface area contributed by atoms with Crippen LogP contribution in [0, 0.1) is 12.7 Å². The predicted octanol–water partition coefficient (Wildman–Crippen LogP) is 3.98. The van der Waals surface area contributed by atoms with Gasteiger partial charge in [0.1, 0.15) is 5.82 Å². The molecule has 0 bridgehead atoms. The lowest BCUT2D eigenvalue weighted by Gasteiger charge is -2.04. The monoisotopic (exact) mass is 312 g/mol. The Bertz CT molecular complexity index is 534. The summed E-state index contributed by atoms with van der Waals surface area (Å²) >= 11 is 4.87. The Labute approximate surface area is 112 Å². The fraction of sp³-hybridized carbons (Fsp3) is 0.167. The van der Waals surface area contributed by atoms with Gasteiger partial charge in [-0.25, -0.2) is 14.4 Å². The molecular weight excluding hydrogens is 303 g/mol. The van der Waals surface area contributed by atoms with E-state index in [-0.39, 0.29) is 5.82 Å². The number of hydrogen-bond acceptors (Lipinski definition) is 3. The topological polar surface area (TPSA) is 25.8 Å². The van der Waals surface area contributed by atoms with Gasteiger partial charge in [0.15, 0.2) is 5.16 Å². The minimum atomic E-state index is -0.238. The van der Waals surface area contributed by atoms with Crippen LogP contribution in [0.1, 0.15) is 11.3 Å². The summed E-state index contributed by atoms with van der Waals surface area (Å²) in [7, 11) is 0. The lowest BCUT2D eigenvalue weighted by molar-refractivity contribution is 0.626. The van der Waals surface area contributed by atoms with Gasteiger partial charge in [-0.3, -0.25) is 0 Å². The average Bonchev–Trinajstić information content (AvgIpc) is 2.28. The number of aryl methyl sites for hydroxylation is 1. The van der Waals surface area contributed by atoms with Crippen LogP contribution in [-0.2, 0) is 5.75 Å². The summed E-state index contributed by atoms with van der Waals surface area (Å²) in [4.78, 5) is 8.46. The summed E-state index contributed by atoms with van der Waals surface area (Å²) in [5.41, 5.74) is 1.97. The van der Waals surface area contributed by atoms with E-state index < -0.39 is 0 Å². The Morgan fingerprint density at radius 1 is 1.35 bits per heavy atom. The van der Waals surface area contributed by atoms with Crippen LogP contribution in [0.2, 0.25) is 0 Å². The van der Waals surface area contributed by atoms with Crippen molar-refractivity contribution >= 4 is 27.7 Å². The zero-order valence-corrected chi connectivity index (χ0v) is 11.6. The second-order valence-corrected chi connectivity index (χ2v) is 5.30. The van der Waals surface area contributed by atoms with Crippen LogP contribution < -0.4 is 0 Å². The van der Waals surface area contributed by atoms with E-state index in [0.717, 1.165) is 20.9 Å². The smallest absolute Gasteiger partial charge is 0.188 e. The molecule has 0 aliphatic rings. The molecule has 2 aromatic rings. The quantitative estimate of drug-likeness (QED) is 0.633. The molecule has 0 aliphatic heterocycles. The fourth-order valence-electron chi connectivity index (χ4n) is 1.28. The van der Waals surface area contributed by atoms with Crippen LogP contribution in [-0.4, -0.2) is 9.97 Å². The molecule has 0 atom stereocenters.